The Morgan fingerprint density at radius 1 is 1.12 bits per heavy atom. The molecule has 0 atom stereocenters. The Balaban J connectivity index is 1.69. The van der Waals surface area contributed by atoms with E-state index in [0.29, 0.717) is 18.0 Å². The first-order valence-corrected chi connectivity index (χ1v) is 9.44. The van der Waals surface area contributed by atoms with Gasteiger partial charge in [-0.1, -0.05) is 28.1 Å². The topological polar surface area (TPSA) is 57.7 Å². The number of benzene rings is 1. The van der Waals surface area contributed by atoms with Crippen LogP contribution in [-0.4, -0.2) is 46.5 Å². The third-order valence-corrected chi connectivity index (χ3v) is 5.48. The van der Waals surface area contributed by atoms with Gasteiger partial charge >= 0.3 is 0 Å². The summed E-state index contributed by atoms with van der Waals surface area (Å²) in [4.78, 5) is 40.0. The molecule has 1 aromatic carbocycles. The highest BCUT2D eigenvalue weighted by Crippen LogP contribution is 2.32. The number of hydrogen-bond donors (Lipinski definition) is 0. The monoisotopic (exact) mass is 408 g/mol. The first-order chi connectivity index (χ1) is 11.5. The van der Waals surface area contributed by atoms with E-state index in [-0.39, 0.29) is 17.7 Å². The highest BCUT2D eigenvalue weighted by Gasteiger charge is 2.37. The average Bonchev–Trinajstić information content (AvgIpc) is 2.85. The minimum atomic E-state index is -0.390. The molecule has 0 aromatic heterocycles. The number of carbonyl (C=O) groups excluding carboxylic acids is 3. The summed E-state index contributed by atoms with van der Waals surface area (Å²) in [6.07, 6.45) is 4.78. The average molecular weight is 409 g/mol. The molecule has 24 heavy (non-hydrogen) atoms. The summed E-state index contributed by atoms with van der Waals surface area (Å²) < 4.78 is 0.944. The highest BCUT2D eigenvalue weighted by atomic mass is 79.9. The third-order valence-electron chi connectivity index (χ3n) is 4.04. The Morgan fingerprint density at radius 3 is 2.46 bits per heavy atom. The van der Waals surface area contributed by atoms with Gasteiger partial charge < -0.3 is 4.90 Å². The quantitative estimate of drug-likeness (QED) is 0.718. The van der Waals surface area contributed by atoms with Gasteiger partial charge in [-0.05, 0) is 54.8 Å². The van der Waals surface area contributed by atoms with Gasteiger partial charge in [0, 0.05) is 17.6 Å². The molecule has 2 saturated heterocycles. The summed E-state index contributed by atoms with van der Waals surface area (Å²) >= 11 is 4.24. The Morgan fingerprint density at radius 2 is 1.79 bits per heavy atom. The third kappa shape index (κ3) is 3.89. The predicted molar refractivity (Wildman–Crippen MR) is 97.3 cm³/mol. The van der Waals surface area contributed by atoms with Gasteiger partial charge in [0.25, 0.3) is 11.1 Å². The molecule has 5 nitrogen and oxygen atoms in total. The molecule has 126 valence electrons. The maximum absolute atomic E-state index is 12.4. The lowest BCUT2D eigenvalue weighted by Gasteiger charge is -2.27. The maximum Gasteiger partial charge on any atom is 0.294 e. The molecule has 7 heteroatoms. The van der Waals surface area contributed by atoms with Gasteiger partial charge in [-0.3, -0.25) is 19.3 Å². The number of rotatable bonds is 3. The number of likely N-dealkylation sites (tertiary alicyclic amines) is 1. The summed E-state index contributed by atoms with van der Waals surface area (Å²) in [5.41, 5.74) is 0.839. The SMILES string of the molecule is O=C(CN1C(=O)S/C(=C\c2ccc(Br)cc2)C1=O)N1CCCCC1. The summed E-state index contributed by atoms with van der Waals surface area (Å²) in [5, 5.41) is -0.381. The van der Waals surface area contributed by atoms with Crippen LogP contribution in [0.5, 0.6) is 0 Å². The van der Waals surface area contributed by atoms with Crippen molar-refractivity contribution in [1.29, 1.82) is 0 Å². The van der Waals surface area contributed by atoms with Crippen molar-refractivity contribution in [2.75, 3.05) is 19.6 Å². The molecule has 0 saturated carbocycles. The Bertz CT molecular complexity index is 696. The van der Waals surface area contributed by atoms with Gasteiger partial charge in [0.2, 0.25) is 5.91 Å². The van der Waals surface area contributed by atoms with Gasteiger partial charge in [0.05, 0.1) is 4.91 Å². The van der Waals surface area contributed by atoms with Crippen LogP contribution < -0.4 is 0 Å². The van der Waals surface area contributed by atoms with E-state index < -0.39 is 5.91 Å². The lowest BCUT2D eigenvalue weighted by Crippen LogP contribution is -2.44. The fourth-order valence-corrected chi connectivity index (χ4v) is 3.83. The van der Waals surface area contributed by atoms with E-state index in [2.05, 4.69) is 15.9 Å². The number of thioether (sulfide) groups is 1. The molecule has 0 spiro atoms. The molecule has 0 radical (unpaired) electrons. The van der Waals surface area contributed by atoms with Crippen molar-refractivity contribution in [1.82, 2.24) is 9.80 Å². The number of piperidine rings is 1. The zero-order chi connectivity index (χ0) is 17.1. The van der Waals surface area contributed by atoms with Crippen LogP contribution in [0.4, 0.5) is 4.79 Å². The molecular formula is C17H17BrN2O3S. The second kappa shape index (κ2) is 7.53. The number of carbonyl (C=O) groups is 3. The van der Waals surface area contributed by atoms with Crippen molar-refractivity contribution in [3.05, 3.63) is 39.2 Å². The fourth-order valence-electron chi connectivity index (χ4n) is 2.73. The van der Waals surface area contributed by atoms with E-state index in [9.17, 15) is 14.4 Å². The Kier molecular flexibility index (Phi) is 5.40. The number of imide groups is 1. The first-order valence-electron chi connectivity index (χ1n) is 7.83. The van der Waals surface area contributed by atoms with E-state index in [1.165, 1.54) is 0 Å². The number of nitrogens with zero attached hydrogens (tertiary/aromatic N) is 2. The lowest BCUT2D eigenvalue weighted by molar-refractivity contribution is -0.136. The van der Waals surface area contributed by atoms with E-state index in [0.717, 1.165) is 46.0 Å². The number of amides is 3. The molecule has 2 aliphatic heterocycles. The van der Waals surface area contributed by atoms with E-state index in [1.807, 2.05) is 24.3 Å². The summed E-state index contributed by atoms with van der Waals surface area (Å²) in [6, 6.07) is 7.46. The smallest absolute Gasteiger partial charge is 0.294 e. The summed E-state index contributed by atoms with van der Waals surface area (Å²) in [6.45, 7) is 1.26. The molecule has 3 amide bonds. The van der Waals surface area contributed by atoms with Crippen molar-refractivity contribution >= 4 is 50.8 Å². The van der Waals surface area contributed by atoms with Crippen molar-refractivity contribution in [3.63, 3.8) is 0 Å². The van der Waals surface area contributed by atoms with Gasteiger partial charge in [-0.2, -0.15) is 0 Å². The van der Waals surface area contributed by atoms with Gasteiger partial charge in [0.15, 0.2) is 0 Å². The zero-order valence-corrected chi connectivity index (χ0v) is 15.4. The van der Waals surface area contributed by atoms with Crippen molar-refractivity contribution in [2.24, 2.45) is 0 Å². The molecule has 3 rings (SSSR count). The zero-order valence-electron chi connectivity index (χ0n) is 13.0. The second-order valence-corrected chi connectivity index (χ2v) is 7.67. The molecule has 2 aliphatic rings. The van der Waals surface area contributed by atoms with Crippen LogP contribution in [-0.2, 0) is 9.59 Å². The normalized spacial score (nSPS) is 20.1. The van der Waals surface area contributed by atoms with Crippen LogP contribution >= 0.6 is 27.7 Å². The Labute approximate surface area is 153 Å². The molecule has 2 heterocycles. The molecule has 0 bridgehead atoms. The van der Waals surface area contributed by atoms with Crippen molar-refractivity contribution in [3.8, 4) is 0 Å². The minimum absolute atomic E-state index is 0.151. The van der Waals surface area contributed by atoms with Gasteiger partial charge in [0.1, 0.15) is 6.54 Å². The van der Waals surface area contributed by atoms with Crippen LogP contribution in [0.2, 0.25) is 0 Å². The van der Waals surface area contributed by atoms with Crippen LogP contribution in [0.1, 0.15) is 24.8 Å². The van der Waals surface area contributed by atoms with E-state index in [1.54, 1.807) is 11.0 Å². The molecule has 2 fully saturated rings. The molecule has 1 aromatic rings. The summed E-state index contributed by atoms with van der Waals surface area (Å²) in [5.74, 6) is -0.542. The summed E-state index contributed by atoms with van der Waals surface area (Å²) in [7, 11) is 0. The standard InChI is InChI=1S/C17H17BrN2O3S/c18-13-6-4-12(5-7-13)10-14-16(22)20(17(23)24-14)11-15(21)19-8-2-1-3-9-19/h4-7,10H,1-3,8-9,11H2/b14-10-. The van der Waals surface area contributed by atoms with E-state index >= 15 is 0 Å². The lowest BCUT2D eigenvalue weighted by atomic mass is 10.1. The van der Waals surface area contributed by atoms with Gasteiger partial charge in [-0.25, -0.2) is 0 Å². The van der Waals surface area contributed by atoms with Crippen LogP contribution in [0, 0.1) is 0 Å². The van der Waals surface area contributed by atoms with E-state index in [4.69, 9.17) is 0 Å². The second-order valence-electron chi connectivity index (χ2n) is 5.76. The minimum Gasteiger partial charge on any atom is -0.341 e. The Hall–Kier alpha value is -1.60. The predicted octanol–water partition coefficient (Wildman–Crippen LogP) is 3.50. The van der Waals surface area contributed by atoms with Crippen LogP contribution in [0.15, 0.2) is 33.6 Å². The molecule has 0 N–H and O–H groups in total. The number of hydrogen-bond acceptors (Lipinski definition) is 4. The van der Waals surface area contributed by atoms with Crippen molar-refractivity contribution < 1.29 is 14.4 Å². The molecule has 0 unspecified atom stereocenters. The largest absolute Gasteiger partial charge is 0.341 e. The van der Waals surface area contributed by atoms with Crippen LogP contribution in [0.25, 0.3) is 6.08 Å². The highest BCUT2D eigenvalue weighted by molar-refractivity contribution is 9.10. The molecule has 0 aliphatic carbocycles. The fraction of sp³-hybridized carbons (Fsp3) is 0.353. The first kappa shape index (κ1) is 17.2. The van der Waals surface area contributed by atoms with Crippen LogP contribution in [0.3, 0.4) is 0 Å². The van der Waals surface area contributed by atoms with Crippen molar-refractivity contribution in [2.45, 2.75) is 19.3 Å². The van der Waals surface area contributed by atoms with Gasteiger partial charge in [-0.15, -0.1) is 0 Å². The molecular weight excluding hydrogens is 392 g/mol. The maximum atomic E-state index is 12.4. The number of halogens is 1.